The molecule has 0 aromatic heterocycles. The van der Waals surface area contributed by atoms with E-state index in [9.17, 15) is 0 Å². The molecule has 1 aromatic rings. The predicted octanol–water partition coefficient (Wildman–Crippen LogP) is 5.06. The van der Waals surface area contributed by atoms with Gasteiger partial charge in [0.05, 0.1) is 4.32 Å². The van der Waals surface area contributed by atoms with Crippen molar-refractivity contribution in [2.24, 2.45) is 0 Å². The highest BCUT2D eigenvalue weighted by molar-refractivity contribution is 9.09. The fraction of sp³-hybridized carbons (Fsp3) is 0.400. The van der Waals surface area contributed by atoms with E-state index in [4.69, 9.17) is 34.8 Å². The number of alkyl halides is 4. The van der Waals surface area contributed by atoms with Crippen molar-refractivity contribution in [1.29, 1.82) is 0 Å². The highest BCUT2D eigenvalue weighted by Gasteiger charge is 2.33. The highest BCUT2D eigenvalue weighted by Crippen LogP contribution is 2.44. The smallest absolute Gasteiger partial charge is 0.0836 e. The van der Waals surface area contributed by atoms with Crippen LogP contribution in [0, 0.1) is 0 Å². The first kappa shape index (κ1) is 12.6. The molecule has 0 spiro atoms. The van der Waals surface area contributed by atoms with Gasteiger partial charge in [-0.05, 0) is 12.5 Å². The first-order valence-electron chi connectivity index (χ1n) is 4.12. The zero-order chi connectivity index (χ0) is 10.8. The van der Waals surface area contributed by atoms with Gasteiger partial charge in [-0.1, -0.05) is 81.1 Å². The molecule has 4 heteroatoms. The summed E-state index contributed by atoms with van der Waals surface area (Å²) in [6.45, 7) is 1.99. The summed E-state index contributed by atoms with van der Waals surface area (Å²) in [7, 11) is 0. The van der Waals surface area contributed by atoms with Crippen LogP contribution in [-0.4, -0.2) is 3.79 Å². The summed E-state index contributed by atoms with van der Waals surface area (Å²) in [6, 6.07) is 9.90. The van der Waals surface area contributed by atoms with Crippen LogP contribution in [0.4, 0.5) is 0 Å². The van der Waals surface area contributed by atoms with Gasteiger partial charge in [0, 0.05) is 6.42 Å². The van der Waals surface area contributed by atoms with Gasteiger partial charge in [0.15, 0.2) is 3.79 Å². The molecule has 0 heterocycles. The fourth-order valence-electron chi connectivity index (χ4n) is 1.26. The van der Waals surface area contributed by atoms with Gasteiger partial charge in [-0.25, -0.2) is 0 Å². The highest BCUT2D eigenvalue weighted by atomic mass is 79.9. The van der Waals surface area contributed by atoms with Gasteiger partial charge in [0.1, 0.15) is 0 Å². The van der Waals surface area contributed by atoms with E-state index in [0.29, 0.717) is 6.42 Å². The number of benzene rings is 1. The summed E-state index contributed by atoms with van der Waals surface area (Å²) in [5, 5.41) is 0. The number of halogens is 4. The molecule has 1 atom stereocenters. The second kappa shape index (κ2) is 4.61. The van der Waals surface area contributed by atoms with Gasteiger partial charge in [-0.3, -0.25) is 0 Å². The molecule has 0 bridgehead atoms. The second-order valence-corrected chi connectivity index (χ2v) is 7.62. The predicted molar refractivity (Wildman–Crippen MR) is 67.6 cm³/mol. The zero-order valence-corrected chi connectivity index (χ0v) is 11.5. The van der Waals surface area contributed by atoms with Crippen molar-refractivity contribution >= 4 is 50.7 Å². The maximum absolute atomic E-state index is 5.77. The molecule has 0 N–H and O–H groups in total. The Kier molecular flexibility index (Phi) is 4.16. The monoisotopic (exact) mass is 314 g/mol. The van der Waals surface area contributed by atoms with E-state index in [0.717, 1.165) is 5.56 Å². The van der Waals surface area contributed by atoms with E-state index >= 15 is 0 Å². The van der Waals surface area contributed by atoms with Crippen molar-refractivity contribution in [3.8, 4) is 0 Å². The van der Waals surface area contributed by atoms with Crippen molar-refractivity contribution < 1.29 is 0 Å². The second-order valence-electron chi connectivity index (χ2n) is 3.36. The lowest BCUT2D eigenvalue weighted by molar-refractivity contribution is 0.647. The zero-order valence-electron chi connectivity index (χ0n) is 7.61. The van der Waals surface area contributed by atoms with Crippen molar-refractivity contribution in [2.45, 2.75) is 21.5 Å². The van der Waals surface area contributed by atoms with Crippen molar-refractivity contribution in [3.63, 3.8) is 0 Å². The quantitative estimate of drug-likeness (QED) is 0.669. The molecule has 0 aliphatic rings. The van der Waals surface area contributed by atoms with Crippen molar-refractivity contribution in [3.05, 3.63) is 35.9 Å². The Balaban J connectivity index is 2.86. The van der Waals surface area contributed by atoms with E-state index in [1.54, 1.807) is 0 Å². The molecular formula is C10H10BrCl3. The van der Waals surface area contributed by atoms with Crippen LogP contribution in [0.5, 0.6) is 0 Å². The minimum Gasteiger partial charge on any atom is -0.0836 e. The average molecular weight is 316 g/mol. The summed E-state index contributed by atoms with van der Waals surface area (Å²) in [5.74, 6) is 0. The molecule has 0 saturated heterocycles. The minimum atomic E-state index is -1.24. The van der Waals surface area contributed by atoms with E-state index in [1.165, 1.54) is 0 Å². The standard InChI is InChI=1S/C10H10BrCl3/c1-9(11,7-10(12,13)14)8-5-3-2-4-6-8/h2-6H,7H2,1H3. The Hall–Kier alpha value is 0.570. The Labute approximate surface area is 108 Å². The molecule has 1 rings (SSSR count). The third kappa shape index (κ3) is 3.98. The fourth-order valence-corrected chi connectivity index (χ4v) is 3.24. The molecule has 0 nitrogen and oxygen atoms in total. The molecule has 0 fully saturated rings. The summed E-state index contributed by atoms with van der Waals surface area (Å²) < 4.78 is -1.55. The van der Waals surface area contributed by atoms with Gasteiger partial charge in [0.2, 0.25) is 0 Å². The third-order valence-corrected chi connectivity index (χ3v) is 3.05. The van der Waals surface area contributed by atoms with Crippen LogP contribution in [0.3, 0.4) is 0 Å². The normalized spacial score (nSPS) is 16.4. The van der Waals surface area contributed by atoms with E-state index in [1.807, 2.05) is 37.3 Å². The lowest BCUT2D eigenvalue weighted by Crippen LogP contribution is -2.21. The third-order valence-electron chi connectivity index (χ3n) is 1.91. The van der Waals surface area contributed by atoms with E-state index in [-0.39, 0.29) is 4.32 Å². The Morgan fingerprint density at radius 1 is 1.14 bits per heavy atom. The first-order chi connectivity index (χ1) is 6.31. The van der Waals surface area contributed by atoms with E-state index < -0.39 is 3.79 Å². The van der Waals surface area contributed by atoms with Gasteiger partial charge < -0.3 is 0 Å². The van der Waals surface area contributed by atoms with E-state index in [2.05, 4.69) is 15.9 Å². The van der Waals surface area contributed by atoms with Crippen molar-refractivity contribution in [1.82, 2.24) is 0 Å². The van der Waals surface area contributed by atoms with Crippen LogP contribution < -0.4 is 0 Å². The van der Waals surface area contributed by atoms with Gasteiger partial charge >= 0.3 is 0 Å². The molecule has 0 radical (unpaired) electrons. The van der Waals surface area contributed by atoms with Crippen LogP contribution >= 0.6 is 50.7 Å². The topological polar surface area (TPSA) is 0 Å². The molecule has 0 aliphatic carbocycles. The molecular weight excluding hydrogens is 306 g/mol. The van der Waals surface area contributed by atoms with Crippen molar-refractivity contribution in [2.75, 3.05) is 0 Å². The maximum Gasteiger partial charge on any atom is 0.192 e. The molecule has 14 heavy (non-hydrogen) atoms. The number of hydrogen-bond donors (Lipinski definition) is 0. The van der Waals surface area contributed by atoms with Crippen LogP contribution in [-0.2, 0) is 4.32 Å². The van der Waals surface area contributed by atoms with Crippen LogP contribution in [0.15, 0.2) is 30.3 Å². The Bertz CT molecular complexity index is 290. The molecule has 78 valence electrons. The van der Waals surface area contributed by atoms with Gasteiger partial charge in [0.25, 0.3) is 0 Å². The summed E-state index contributed by atoms with van der Waals surface area (Å²) in [6.07, 6.45) is 0.425. The lowest BCUT2D eigenvalue weighted by atomic mass is 9.98. The number of hydrogen-bond acceptors (Lipinski definition) is 0. The summed E-state index contributed by atoms with van der Waals surface area (Å²) in [4.78, 5) is 0. The van der Waals surface area contributed by atoms with Crippen LogP contribution in [0.25, 0.3) is 0 Å². The Morgan fingerprint density at radius 3 is 2.07 bits per heavy atom. The summed E-state index contributed by atoms with van der Waals surface area (Å²) >= 11 is 20.9. The molecule has 0 saturated carbocycles. The average Bonchev–Trinajstić information content (AvgIpc) is 2.01. The molecule has 0 aliphatic heterocycles. The van der Waals surface area contributed by atoms with Crippen LogP contribution in [0.1, 0.15) is 18.9 Å². The molecule has 0 amide bonds. The molecule has 1 aromatic carbocycles. The Morgan fingerprint density at radius 2 is 1.64 bits per heavy atom. The van der Waals surface area contributed by atoms with Gasteiger partial charge in [-0.15, -0.1) is 0 Å². The maximum atomic E-state index is 5.77. The largest absolute Gasteiger partial charge is 0.192 e. The first-order valence-corrected chi connectivity index (χ1v) is 6.05. The molecule has 1 unspecified atom stereocenters. The number of rotatable bonds is 2. The van der Waals surface area contributed by atoms with Gasteiger partial charge in [-0.2, -0.15) is 0 Å². The lowest BCUT2D eigenvalue weighted by Gasteiger charge is -2.26. The minimum absolute atomic E-state index is 0.306. The van der Waals surface area contributed by atoms with Crippen LogP contribution in [0.2, 0.25) is 0 Å². The summed E-state index contributed by atoms with van der Waals surface area (Å²) in [5.41, 5.74) is 1.10. The SMILES string of the molecule is CC(Br)(CC(Cl)(Cl)Cl)c1ccccc1.